The maximum Gasteiger partial charge on any atom is 0.346 e. The lowest BCUT2D eigenvalue weighted by molar-refractivity contribution is 0.0702. The van der Waals surface area contributed by atoms with E-state index in [1.807, 2.05) is 0 Å². The molecule has 0 spiro atoms. The van der Waals surface area contributed by atoms with Crippen molar-refractivity contribution in [2.45, 2.75) is 0 Å². The molecule has 1 aromatic rings. The van der Waals surface area contributed by atoms with Crippen LogP contribution in [0, 0.1) is 6.92 Å². The van der Waals surface area contributed by atoms with Gasteiger partial charge in [-0.05, 0) is 23.9 Å². The van der Waals surface area contributed by atoms with E-state index in [1.165, 1.54) is 11.3 Å². The Bertz CT molecular complexity index is 227. The largest absolute Gasteiger partial charge is 0.477 e. The van der Waals surface area contributed by atoms with Crippen molar-refractivity contribution in [3.8, 4) is 0 Å². The summed E-state index contributed by atoms with van der Waals surface area (Å²) in [6.45, 7) is 3.53. The average molecular weight is 141 g/mol. The Labute approximate surface area is 56.8 Å². The molecule has 1 aromatic heterocycles. The summed E-state index contributed by atoms with van der Waals surface area (Å²) in [7, 11) is 0. The van der Waals surface area contributed by atoms with Crippen LogP contribution in [0.1, 0.15) is 15.2 Å². The number of hydrogen-bond acceptors (Lipinski definition) is 2. The van der Waals surface area contributed by atoms with Crippen molar-refractivity contribution in [1.29, 1.82) is 0 Å². The lowest BCUT2D eigenvalue weighted by Crippen LogP contribution is -1.93. The summed E-state index contributed by atoms with van der Waals surface area (Å²) in [4.78, 5) is 10.6. The van der Waals surface area contributed by atoms with Crippen LogP contribution in [-0.4, -0.2) is 11.1 Å². The summed E-state index contributed by atoms with van der Waals surface area (Å²) in [5.74, 6) is -0.894. The summed E-state index contributed by atoms with van der Waals surface area (Å²) in [6.07, 6.45) is 0. The van der Waals surface area contributed by atoms with Crippen molar-refractivity contribution in [3.05, 3.63) is 28.8 Å². The molecule has 0 atom stereocenters. The highest BCUT2D eigenvalue weighted by atomic mass is 32.1. The molecule has 1 N–H and O–H groups in total. The molecule has 0 bridgehead atoms. The van der Waals surface area contributed by atoms with Gasteiger partial charge in [-0.2, -0.15) is 0 Å². The lowest BCUT2D eigenvalue weighted by atomic mass is 10.3. The highest BCUT2D eigenvalue weighted by Crippen LogP contribution is 2.14. The Hall–Kier alpha value is -0.830. The van der Waals surface area contributed by atoms with Gasteiger partial charge >= 0.3 is 5.97 Å². The first-order valence-electron chi connectivity index (χ1n) is 2.34. The van der Waals surface area contributed by atoms with E-state index < -0.39 is 5.97 Å². The molecule has 0 unspecified atom stereocenters. The van der Waals surface area contributed by atoms with Crippen LogP contribution in [0.15, 0.2) is 11.4 Å². The molecule has 0 aliphatic carbocycles. The van der Waals surface area contributed by atoms with E-state index >= 15 is 0 Å². The zero-order valence-electron chi connectivity index (χ0n) is 4.63. The van der Waals surface area contributed by atoms with Gasteiger partial charge in [0.1, 0.15) is 4.88 Å². The van der Waals surface area contributed by atoms with E-state index in [0.717, 1.165) is 0 Å². The molecule has 47 valence electrons. The van der Waals surface area contributed by atoms with Gasteiger partial charge in [0.05, 0.1) is 0 Å². The fraction of sp³-hybridized carbons (Fsp3) is 0. The van der Waals surface area contributed by atoms with E-state index in [4.69, 9.17) is 5.11 Å². The van der Waals surface area contributed by atoms with Gasteiger partial charge < -0.3 is 5.11 Å². The Morgan fingerprint density at radius 2 is 2.44 bits per heavy atom. The number of aromatic carboxylic acids is 1. The Morgan fingerprint density at radius 3 is 2.67 bits per heavy atom. The molecule has 0 fully saturated rings. The van der Waals surface area contributed by atoms with Crippen LogP contribution < -0.4 is 0 Å². The van der Waals surface area contributed by atoms with E-state index in [9.17, 15) is 4.79 Å². The first-order valence-corrected chi connectivity index (χ1v) is 3.22. The molecule has 0 aromatic carbocycles. The Balaban J connectivity index is 3.08. The molecule has 1 radical (unpaired) electrons. The number of thiophene rings is 1. The molecular weight excluding hydrogens is 136 g/mol. The summed E-state index contributed by atoms with van der Waals surface area (Å²) >= 11 is 1.20. The third-order valence-corrected chi connectivity index (χ3v) is 1.89. The first kappa shape index (κ1) is 6.29. The van der Waals surface area contributed by atoms with Crippen molar-refractivity contribution < 1.29 is 9.90 Å². The molecule has 0 aliphatic heterocycles. The summed E-state index contributed by atoms with van der Waals surface area (Å²) in [5, 5.41) is 10.1. The Morgan fingerprint density at radius 1 is 1.78 bits per heavy atom. The van der Waals surface area contributed by atoms with E-state index in [1.54, 1.807) is 11.4 Å². The van der Waals surface area contributed by atoms with Gasteiger partial charge in [-0.3, -0.25) is 0 Å². The molecule has 2 nitrogen and oxygen atoms in total. The summed E-state index contributed by atoms with van der Waals surface area (Å²) < 4.78 is 0. The summed E-state index contributed by atoms with van der Waals surface area (Å²) in [6, 6.07) is 1.69. The SMILES string of the molecule is [CH2]c1ccsc1C(=O)O. The average Bonchev–Trinajstić information content (AvgIpc) is 2.13. The second kappa shape index (κ2) is 2.19. The number of rotatable bonds is 1. The van der Waals surface area contributed by atoms with Crippen LogP contribution >= 0.6 is 11.3 Å². The van der Waals surface area contributed by atoms with Gasteiger partial charge in [0.15, 0.2) is 0 Å². The number of carbonyl (C=O) groups is 1. The molecule has 0 aliphatic rings. The van der Waals surface area contributed by atoms with Gasteiger partial charge in [0.2, 0.25) is 0 Å². The fourth-order valence-electron chi connectivity index (χ4n) is 0.523. The first-order chi connectivity index (χ1) is 4.22. The minimum Gasteiger partial charge on any atom is -0.477 e. The predicted octanol–water partition coefficient (Wildman–Crippen LogP) is 1.63. The summed E-state index contributed by atoms with van der Waals surface area (Å²) in [5.41, 5.74) is 0.590. The second-order valence-corrected chi connectivity index (χ2v) is 2.50. The maximum absolute atomic E-state index is 10.3. The van der Waals surface area contributed by atoms with Crippen molar-refractivity contribution in [2.24, 2.45) is 0 Å². The van der Waals surface area contributed by atoms with Crippen LogP contribution in [0.5, 0.6) is 0 Å². The van der Waals surface area contributed by atoms with Gasteiger partial charge in [-0.25, -0.2) is 4.79 Å². The van der Waals surface area contributed by atoms with Crippen LogP contribution in [0.3, 0.4) is 0 Å². The standard InChI is InChI=1S/C6H5O2S/c1-4-2-3-9-5(4)6(7)8/h2-3H,1H2,(H,7,8). The number of carboxylic acid groups (broad SMARTS) is 1. The van der Waals surface area contributed by atoms with Crippen LogP contribution in [-0.2, 0) is 0 Å². The molecule has 1 heterocycles. The van der Waals surface area contributed by atoms with Gasteiger partial charge in [-0.1, -0.05) is 0 Å². The maximum atomic E-state index is 10.3. The molecule has 1 rings (SSSR count). The minimum atomic E-state index is -0.894. The molecule has 3 heteroatoms. The highest BCUT2D eigenvalue weighted by molar-refractivity contribution is 7.12. The van der Waals surface area contributed by atoms with Crippen molar-refractivity contribution >= 4 is 17.3 Å². The van der Waals surface area contributed by atoms with Crippen molar-refractivity contribution in [3.63, 3.8) is 0 Å². The highest BCUT2D eigenvalue weighted by Gasteiger charge is 2.05. The normalized spacial score (nSPS) is 9.44. The van der Waals surface area contributed by atoms with Gasteiger partial charge in [0.25, 0.3) is 0 Å². The zero-order chi connectivity index (χ0) is 6.85. The monoisotopic (exact) mass is 141 g/mol. The van der Waals surface area contributed by atoms with Crippen molar-refractivity contribution in [2.75, 3.05) is 0 Å². The third-order valence-electron chi connectivity index (χ3n) is 0.941. The van der Waals surface area contributed by atoms with E-state index in [-0.39, 0.29) is 0 Å². The molecule has 0 saturated carbocycles. The second-order valence-electron chi connectivity index (χ2n) is 1.58. The molecule has 0 saturated heterocycles. The van der Waals surface area contributed by atoms with Crippen LogP contribution in [0.2, 0.25) is 0 Å². The third kappa shape index (κ3) is 1.10. The van der Waals surface area contributed by atoms with Gasteiger partial charge in [0, 0.05) is 0 Å². The topological polar surface area (TPSA) is 37.3 Å². The molecule has 0 amide bonds. The van der Waals surface area contributed by atoms with E-state index in [2.05, 4.69) is 6.92 Å². The zero-order valence-corrected chi connectivity index (χ0v) is 5.44. The fourth-order valence-corrected chi connectivity index (χ4v) is 1.21. The predicted molar refractivity (Wildman–Crippen MR) is 35.7 cm³/mol. The smallest absolute Gasteiger partial charge is 0.346 e. The molecular formula is C6H5O2S. The minimum absolute atomic E-state index is 0.329. The quantitative estimate of drug-likeness (QED) is 0.645. The lowest BCUT2D eigenvalue weighted by Gasteiger charge is -1.86. The number of hydrogen-bond donors (Lipinski definition) is 1. The Kier molecular flexibility index (Phi) is 1.53. The number of carboxylic acids is 1. The van der Waals surface area contributed by atoms with Crippen LogP contribution in [0.4, 0.5) is 0 Å². The molecule has 9 heavy (non-hydrogen) atoms. The van der Waals surface area contributed by atoms with Crippen LogP contribution in [0.25, 0.3) is 0 Å². The van der Waals surface area contributed by atoms with Crippen molar-refractivity contribution in [1.82, 2.24) is 0 Å². The van der Waals surface area contributed by atoms with E-state index in [0.29, 0.717) is 10.4 Å². The van der Waals surface area contributed by atoms with Gasteiger partial charge in [-0.15, -0.1) is 11.3 Å².